The zero-order chi connectivity index (χ0) is 7.66. The molecule has 0 N–H and O–H groups in total. The molecule has 0 aliphatic heterocycles. The lowest BCUT2D eigenvalue weighted by molar-refractivity contribution is 0.289. The molecule has 0 aromatic heterocycles. The minimum Gasteiger partial charge on any atom is -0.497 e. The Morgan fingerprint density at radius 2 is 2.10 bits per heavy atom. The smallest absolute Gasteiger partial charge is 0.105 e. The number of allylic oxidation sites excluding steroid dienone is 2. The molecule has 0 amide bonds. The molecule has 0 unspecified atom stereocenters. The molecule has 1 nitrogen and oxygen atoms in total. The highest BCUT2D eigenvalue weighted by Gasteiger charge is 1.73. The third kappa shape index (κ3) is 7.28. The summed E-state index contributed by atoms with van der Waals surface area (Å²) >= 11 is 0. The molecular weight excluding hydrogens is 124 g/mol. The standard InChI is InChI=1S/C9H16O/c1-3-5-6-7-9-10-8-4-2/h4,6-8H,3,5,9H2,1-2H3/b7-6-,8-4?. The van der Waals surface area contributed by atoms with E-state index < -0.39 is 0 Å². The summed E-state index contributed by atoms with van der Waals surface area (Å²) in [6.07, 6.45) is 10.1. The fraction of sp³-hybridized carbons (Fsp3) is 0.556. The summed E-state index contributed by atoms with van der Waals surface area (Å²) in [5.74, 6) is 0. The van der Waals surface area contributed by atoms with Crippen molar-refractivity contribution in [1.82, 2.24) is 0 Å². The molecule has 0 aromatic carbocycles. The number of unbranched alkanes of at least 4 members (excludes halogenated alkanes) is 1. The van der Waals surface area contributed by atoms with Crippen molar-refractivity contribution < 1.29 is 4.74 Å². The van der Waals surface area contributed by atoms with Gasteiger partial charge in [0.05, 0.1) is 6.26 Å². The fourth-order valence-corrected chi connectivity index (χ4v) is 0.560. The monoisotopic (exact) mass is 140 g/mol. The number of rotatable bonds is 5. The highest BCUT2D eigenvalue weighted by molar-refractivity contribution is 4.81. The van der Waals surface area contributed by atoms with Crippen molar-refractivity contribution in [2.24, 2.45) is 0 Å². The first-order chi connectivity index (χ1) is 4.91. The van der Waals surface area contributed by atoms with Gasteiger partial charge in [0, 0.05) is 0 Å². The van der Waals surface area contributed by atoms with Crippen LogP contribution in [0.1, 0.15) is 26.7 Å². The van der Waals surface area contributed by atoms with Gasteiger partial charge in [0.2, 0.25) is 0 Å². The Kier molecular flexibility index (Phi) is 7.68. The third-order valence-electron chi connectivity index (χ3n) is 1.05. The van der Waals surface area contributed by atoms with Gasteiger partial charge in [-0.2, -0.15) is 0 Å². The second-order valence-electron chi connectivity index (χ2n) is 2.06. The molecule has 0 saturated heterocycles. The molecular formula is C9H16O. The summed E-state index contributed by atoms with van der Waals surface area (Å²) in [6, 6.07) is 0. The Balaban J connectivity index is 3.02. The number of hydrogen-bond acceptors (Lipinski definition) is 1. The highest BCUT2D eigenvalue weighted by atomic mass is 16.5. The maximum absolute atomic E-state index is 5.06. The van der Waals surface area contributed by atoms with Gasteiger partial charge in [-0.15, -0.1) is 0 Å². The predicted molar refractivity (Wildman–Crippen MR) is 44.8 cm³/mol. The van der Waals surface area contributed by atoms with Crippen molar-refractivity contribution in [3.8, 4) is 0 Å². The Morgan fingerprint density at radius 3 is 2.70 bits per heavy atom. The first-order valence-electron chi connectivity index (χ1n) is 3.79. The quantitative estimate of drug-likeness (QED) is 0.324. The maximum atomic E-state index is 5.06. The molecule has 10 heavy (non-hydrogen) atoms. The SMILES string of the molecule is CC=COC/C=C\CCC. The van der Waals surface area contributed by atoms with E-state index in [-0.39, 0.29) is 0 Å². The highest BCUT2D eigenvalue weighted by Crippen LogP contribution is 1.88. The van der Waals surface area contributed by atoms with Gasteiger partial charge in [0.25, 0.3) is 0 Å². The Morgan fingerprint density at radius 1 is 1.30 bits per heavy atom. The molecule has 0 spiro atoms. The first-order valence-corrected chi connectivity index (χ1v) is 3.79. The van der Waals surface area contributed by atoms with Crippen LogP contribution >= 0.6 is 0 Å². The lowest BCUT2D eigenvalue weighted by Gasteiger charge is -1.91. The fourth-order valence-electron chi connectivity index (χ4n) is 0.560. The van der Waals surface area contributed by atoms with Gasteiger partial charge in [-0.25, -0.2) is 0 Å². The van der Waals surface area contributed by atoms with E-state index in [1.807, 2.05) is 19.1 Å². The van der Waals surface area contributed by atoms with Gasteiger partial charge in [-0.1, -0.05) is 31.6 Å². The molecule has 0 aliphatic carbocycles. The average molecular weight is 140 g/mol. The van der Waals surface area contributed by atoms with Crippen LogP contribution in [0.4, 0.5) is 0 Å². The number of ether oxygens (including phenoxy) is 1. The molecule has 0 bridgehead atoms. The van der Waals surface area contributed by atoms with Crippen LogP contribution in [0.25, 0.3) is 0 Å². The van der Waals surface area contributed by atoms with Crippen molar-refractivity contribution in [3.63, 3.8) is 0 Å². The van der Waals surface area contributed by atoms with Crippen LogP contribution in [0, 0.1) is 0 Å². The summed E-state index contributed by atoms with van der Waals surface area (Å²) in [4.78, 5) is 0. The number of hydrogen-bond donors (Lipinski definition) is 0. The van der Waals surface area contributed by atoms with Gasteiger partial charge < -0.3 is 4.74 Å². The van der Waals surface area contributed by atoms with E-state index in [0.717, 1.165) is 6.42 Å². The first kappa shape index (κ1) is 9.28. The largest absolute Gasteiger partial charge is 0.497 e. The van der Waals surface area contributed by atoms with Crippen LogP contribution in [-0.2, 0) is 4.74 Å². The second kappa shape index (κ2) is 8.28. The Bertz CT molecular complexity index is 103. The molecule has 1 heteroatoms. The van der Waals surface area contributed by atoms with E-state index >= 15 is 0 Å². The van der Waals surface area contributed by atoms with Crippen molar-refractivity contribution in [3.05, 3.63) is 24.5 Å². The van der Waals surface area contributed by atoms with Gasteiger partial charge in [-0.05, 0) is 13.3 Å². The van der Waals surface area contributed by atoms with E-state index in [2.05, 4.69) is 13.0 Å². The van der Waals surface area contributed by atoms with Gasteiger partial charge >= 0.3 is 0 Å². The topological polar surface area (TPSA) is 9.23 Å². The van der Waals surface area contributed by atoms with Crippen LogP contribution in [-0.4, -0.2) is 6.61 Å². The van der Waals surface area contributed by atoms with Gasteiger partial charge in [0.15, 0.2) is 0 Å². The molecule has 0 aliphatic rings. The summed E-state index contributed by atoms with van der Waals surface area (Å²) in [6.45, 7) is 4.80. The summed E-state index contributed by atoms with van der Waals surface area (Å²) in [7, 11) is 0. The minimum atomic E-state index is 0.699. The molecule has 0 saturated carbocycles. The molecule has 0 rings (SSSR count). The zero-order valence-corrected chi connectivity index (χ0v) is 6.84. The van der Waals surface area contributed by atoms with Gasteiger partial charge in [0.1, 0.15) is 6.61 Å². The molecule has 58 valence electrons. The van der Waals surface area contributed by atoms with E-state index in [0.29, 0.717) is 6.61 Å². The van der Waals surface area contributed by atoms with Crippen LogP contribution in [0.2, 0.25) is 0 Å². The van der Waals surface area contributed by atoms with Gasteiger partial charge in [-0.3, -0.25) is 0 Å². The average Bonchev–Trinajstić information content (AvgIpc) is 1.97. The van der Waals surface area contributed by atoms with E-state index in [4.69, 9.17) is 4.74 Å². The Hall–Kier alpha value is -0.720. The Labute approximate surface area is 63.4 Å². The van der Waals surface area contributed by atoms with Crippen molar-refractivity contribution in [2.75, 3.05) is 6.61 Å². The van der Waals surface area contributed by atoms with Crippen LogP contribution in [0.3, 0.4) is 0 Å². The third-order valence-corrected chi connectivity index (χ3v) is 1.05. The molecule has 0 fully saturated rings. The van der Waals surface area contributed by atoms with E-state index in [1.54, 1.807) is 6.26 Å². The van der Waals surface area contributed by atoms with Crippen molar-refractivity contribution in [2.45, 2.75) is 26.7 Å². The second-order valence-corrected chi connectivity index (χ2v) is 2.06. The summed E-state index contributed by atoms with van der Waals surface area (Å²) < 4.78 is 5.06. The van der Waals surface area contributed by atoms with E-state index in [9.17, 15) is 0 Å². The van der Waals surface area contributed by atoms with Crippen LogP contribution in [0.15, 0.2) is 24.5 Å². The lowest BCUT2D eigenvalue weighted by Crippen LogP contribution is -1.79. The normalized spacial score (nSPS) is 11.4. The van der Waals surface area contributed by atoms with Crippen molar-refractivity contribution >= 4 is 0 Å². The summed E-state index contributed by atoms with van der Waals surface area (Å²) in [5, 5.41) is 0. The molecule has 0 radical (unpaired) electrons. The summed E-state index contributed by atoms with van der Waals surface area (Å²) in [5.41, 5.74) is 0. The molecule has 0 aromatic rings. The lowest BCUT2D eigenvalue weighted by atomic mass is 10.3. The maximum Gasteiger partial charge on any atom is 0.105 e. The molecule has 0 heterocycles. The van der Waals surface area contributed by atoms with E-state index in [1.165, 1.54) is 6.42 Å². The van der Waals surface area contributed by atoms with Crippen LogP contribution < -0.4 is 0 Å². The van der Waals surface area contributed by atoms with Crippen molar-refractivity contribution in [1.29, 1.82) is 0 Å². The zero-order valence-electron chi connectivity index (χ0n) is 6.84. The van der Waals surface area contributed by atoms with Crippen LogP contribution in [0.5, 0.6) is 0 Å². The minimum absolute atomic E-state index is 0.699. The predicted octanol–water partition coefficient (Wildman–Crippen LogP) is 2.89. The molecule has 0 atom stereocenters.